The molecule has 6 aromatic carbocycles. The summed E-state index contributed by atoms with van der Waals surface area (Å²) in [6.45, 7) is 11.4. The third-order valence-electron chi connectivity index (χ3n) is 16.6. The second-order valence-electron chi connectivity index (χ2n) is 24.8. The van der Waals surface area contributed by atoms with Crippen LogP contribution in [0, 0.1) is 26.6 Å². The van der Waals surface area contributed by atoms with Crippen molar-refractivity contribution in [3.63, 3.8) is 0 Å². The smallest absolute Gasteiger partial charge is 0.356 e. The number of benzene rings is 6. The quantitative estimate of drug-likeness (QED) is 0.0239. The topological polar surface area (TPSA) is 296 Å². The summed E-state index contributed by atoms with van der Waals surface area (Å²) in [4.78, 5) is 74.4. The van der Waals surface area contributed by atoms with E-state index in [0.717, 1.165) is 132 Å². The highest BCUT2D eigenvalue weighted by molar-refractivity contribution is 7.99. The predicted octanol–water partition coefficient (Wildman–Crippen LogP) is 19.6. The number of hydrogen-bond donors (Lipinski definition) is 9. The number of alkyl halides is 6. The van der Waals surface area contributed by atoms with E-state index in [4.69, 9.17) is 16.6 Å². The molecule has 24 nitrogen and oxygen atoms in total. The second-order valence-corrected chi connectivity index (χ2v) is 28.4. The van der Waals surface area contributed by atoms with Crippen molar-refractivity contribution < 1.29 is 58.0 Å². The van der Waals surface area contributed by atoms with Gasteiger partial charge in [-0.1, -0.05) is 29.8 Å². The highest BCUT2D eigenvalue weighted by atomic mass is 35.5. The Labute approximate surface area is 649 Å². The second kappa shape index (κ2) is 33.6. The van der Waals surface area contributed by atoms with Crippen molar-refractivity contribution in [3.8, 4) is 0 Å². The summed E-state index contributed by atoms with van der Waals surface area (Å²) in [6.07, 6.45) is -6.17. The predicted molar refractivity (Wildman–Crippen MR) is 425 cm³/mol. The Kier molecular flexibility index (Phi) is 23.3. The molecule has 3 aliphatic heterocycles. The number of hydrogen-bond acceptors (Lipinski definition) is 21. The Bertz CT molecular complexity index is 5260. The summed E-state index contributed by atoms with van der Waals surface area (Å²) in [5, 5.41) is 41.0. The largest absolute Gasteiger partial charge is 0.419 e. The van der Waals surface area contributed by atoms with Crippen LogP contribution in [-0.4, -0.2) is 117 Å². The molecule has 3 fully saturated rings. The molecule has 6 aromatic heterocycles. The number of aromatic amines is 3. The lowest BCUT2D eigenvalue weighted by atomic mass is 10.1. The Hall–Kier alpha value is -11.8. The zero-order valence-electron chi connectivity index (χ0n) is 57.9. The lowest BCUT2D eigenvalue weighted by molar-refractivity contribution is -0.140. The number of halogens is 8. The van der Waals surface area contributed by atoms with E-state index in [1.165, 1.54) is 47.4 Å². The molecular formula is C74H83ClF7N21O3S3. The van der Waals surface area contributed by atoms with Gasteiger partial charge in [0.1, 0.15) is 40.7 Å². The van der Waals surface area contributed by atoms with Gasteiger partial charge in [0.25, 0.3) is 17.7 Å². The summed E-state index contributed by atoms with van der Waals surface area (Å²) in [5.41, 5.74) is 1.12. The van der Waals surface area contributed by atoms with Crippen molar-refractivity contribution in [2.24, 2.45) is 0 Å². The van der Waals surface area contributed by atoms with Gasteiger partial charge in [0, 0.05) is 148 Å². The van der Waals surface area contributed by atoms with Gasteiger partial charge in [-0.3, -0.25) is 29.7 Å². The molecule has 0 unspecified atom stereocenters. The van der Waals surface area contributed by atoms with Crippen LogP contribution >= 0.6 is 46.9 Å². The summed E-state index contributed by atoms with van der Waals surface area (Å²) in [7, 11) is 0. The van der Waals surface area contributed by atoms with Crippen molar-refractivity contribution in [3.05, 3.63) is 232 Å². The van der Waals surface area contributed by atoms with E-state index in [1.807, 2.05) is 81.4 Å². The molecule has 0 bridgehead atoms. The van der Waals surface area contributed by atoms with Gasteiger partial charge in [0.2, 0.25) is 0 Å². The zero-order valence-corrected chi connectivity index (χ0v) is 61.2. The molecule has 0 atom stereocenters. The summed E-state index contributed by atoms with van der Waals surface area (Å²) >= 11 is 9.99. The lowest BCUT2D eigenvalue weighted by Crippen LogP contribution is -2.37. The highest BCUT2D eigenvalue weighted by Crippen LogP contribution is 2.38. The van der Waals surface area contributed by atoms with Crippen LogP contribution in [0.1, 0.15) is 91.4 Å². The molecule has 3 aliphatic rings. The fourth-order valence-electron chi connectivity index (χ4n) is 10.7. The normalized spacial score (nSPS) is 13.1. The molecule has 15 rings (SSSR count). The SMILES string of the molecule is Cc1cc(Nc2cc(N3CCC3)nc(Sc3ccc(NC(=O)c4ccc(Cl)cc4)cc3)n2)n[nH]1.Cc1cc(Nc2cc(N3CCC3)nc(Sc3ccc(NC(=O)c4cccc(C(F)(F)F)c4F)cc3)n2)n[nH]1.Cc1cc(Nc2cc(N3CCC3)nc(Sc3ccc(NC(=O)c4ccccc4C(F)(F)F)cc3)n2)n[nH]1.[HH].[HH].[HH].[HH].[HH].[HH].[HH].[HH].[HH]. The van der Waals surface area contributed by atoms with Gasteiger partial charge >= 0.3 is 12.4 Å². The average molecular weight is 1580 g/mol. The Balaban J connectivity index is 0.000000359. The summed E-state index contributed by atoms with van der Waals surface area (Å²) in [6, 6.07) is 46.3. The zero-order chi connectivity index (χ0) is 76.3. The number of aromatic nitrogens is 12. The van der Waals surface area contributed by atoms with Crippen molar-refractivity contribution in [1.82, 2.24) is 60.5 Å². The minimum atomic E-state index is -4.90. The van der Waals surface area contributed by atoms with E-state index in [1.54, 1.807) is 72.8 Å². The third kappa shape index (κ3) is 20.1. The number of nitrogens with one attached hydrogen (secondary N) is 9. The highest BCUT2D eigenvalue weighted by Gasteiger charge is 2.37. The number of anilines is 12. The molecule has 109 heavy (non-hydrogen) atoms. The fraction of sp³-hybridized carbons (Fsp3) is 0.189. The van der Waals surface area contributed by atoms with Crippen LogP contribution in [0.3, 0.4) is 0 Å². The van der Waals surface area contributed by atoms with E-state index in [2.05, 4.69) is 102 Å². The van der Waals surface area contributed by atoms with Gasteiger partial charge in [0.05, 0.1) is 22.3 Å². The number of carbonyl (C=O) groups excluding carboxylic acids is 3. The monoisotopic (exact) mass is 1580 g/mol. The number of nitrogens with zero attached hydrogens (tertiary/aromatic N) is 12. The molecular weight excluding hydrogens is 1500 g/mol. The van der Waals surface area contributed by atoms with Crippen LogP contribution < -0.4 is 46.6 Å². The first-order valence-electron chi connectivity index (χ1n) is 33.8. The Morgan fingerprint density at radius 2 is 0.752 bits per heavy atom. The van der Waals surface area contributed by atoms with E-state index < -0.39 is 52.2 Å². The number of rotatable bonds is 21. The summed E-state index contributed by atoms with van der Waals surface area (Å²) in [5.74, 6) is 2.75. The van der Waals surface area contributed by atoms with Crippen LogP contribution in [-0.2, 0) is 12.4 Å². The van der Waals surface area contributed by atoms with Gasteiger partial charge in [-0.2, -0.15) is 41.6 Å². The molecule has 9 heterocycles. The Morgan fingerprint density at radius 1 is 0.413 bits per heavy atom. The average Bonchev–Trinajstić information content (AvgIpc) is 1.10. The molecule has 0 saturated carbocycles. The first-order chi connectivity index (χ1) is 52.4. The first kappa shape index (κ1) is 75.5. The number of amides is 3. The maximum absolute atomic E-state index is 14.3. The van der Waals surface area contributed by atoms with Crippen LogP contribution in [0.4, 0.5) is 100 Å². The molecule has 35 heteroatoms. The molecule has 12 aromatic rings. The van der Waals surface area contributed by atoms with Crippen molar-refractivity contribution in [2.45, 2.75) is 82.5 Å². The van der Waals surface area contributed by atoms with Crippen LogP contribution in [0.2, 0.25) is 5.02 Å². The lowest BCUT2D eigenvalue weighted by Gasteiger charge is -2.32. The van der Waals surface area contributed by atoms with Crippen LogP contribution in [0.5, 0.6) is 0 Å². The molecule has 576 valence electrons. The van der Waals surface area contributed by atoms with E-state index in [0.29, 0.717) is 84.1 Å². The van der Waals surface area contributed by atoms with Crippen molar-refractivity contribution in [2.75, 3.05) is 85.9 Å². The number of aryl methyl sites for hydroxylation is 3. The molecule has 3 saturated heterocycles. The molecule has 9 N–H and O–H groups in total. The fourth-order valence-corrected chi connectivity index (χ4v) is 13.1. The van der Waals surface area contributed by atoms with Gasteiger partial charge in [0.15, 0.2) is 32.9 Å². The van der Waals surface area contributed by atoms with Gasteiger partial charge < -0.3 is 46.6 Å². The van der Waals surface area contributed by atoms with Crippen molar-refractivity contribution >= 4 is 134 Å². The number of carbonyl (C=O) groups is 3. The number of H-pyrrole nitrogens is 3. The van der Waals surface area contributed by atoms with Gasteiger partial charge in [-0.15, -0.1) is 0 Å². The minimum absolute atomic E-state index is 0. The van der Waals surface area contributed by atoms with E-state index in [-0.39, 0.29) is 18.7 Å². The van der Waals surface area contributed by atoms with Crippen molar-refractivity contribution in [1.29, 1.82) is 0 Å². The summed E-state index contributed by atoms with van der Waals surface area (Å²) < 4.78 is 93.0. The Morgan fingerprint density at radius 3 is 1.09 bits per heavy atom. The maximum Gasteiger partial charge on any atom is 0.419 e. The first-order valence-corrected chi connectivity index (χ1v) is 36.6. The van der Waals surface area contributed by atoms with Gasteiger partial charge in [-0.05, 0) is 197 Å². The third-order valence-corrected chi connectivity index (χ3v) is 19.5. The maximum atomic E-state index is 14.3. The molecule has 0 radical (unpaired) electrons. The van der Waals surface area contributed by atoms with Crippen LogP contribution in [0.15, 0.2) is 206 Å². The van der Waals surface area contributed by atoms with E-state index in [9.17, 15) is 45.1 Å². The molecule has 3 amide bonds. The van der Waals surface area contributed by atoms with Crippen LogP contribution in [0.25, 0.3) is 0 Å². The van der Waals surface area contributed by atoms with Gasteiger partial charge in [-0.25, -0.2) is 34.3 Å². The van der Waals surface area contributed by atoms with E-state index >= 15 is 0 Å². The molecule has 0 aliphatic carbocycles. The minimum Gasteiger partial charge on any atom is -0.356 e. The molecule has 0 spiro atoms. The standard InChI is InChI=1S/C25H21F4N7OS.C25H22F3N7OS.C24H22ClN7OS.9H2/c1-14-12-20(35-34-14)31-19-13-21(36-10-3-11-36)33-24(32-19)38-16-8-6-15(7-9-16)30-23(37)17-4-2-5-18(22(17)26)25(27,28)29;1-15-13-21(34-33-15)30-20-14-22(35-11-4-12-35)32-24(31-20)37-17-9-7-16(8-10-17)29-23(36)18-5-2-3-6-19(18)25(26,27)28;1-15-13-21(31-30-15)27-20-14-22(32-11-2-12-32)29-24(28-20)34-19-9-7-18(8-10-19)26-23(33)16-3-5-17(25)6-4-16;;;;;;;;;/h2,4-9,12-13H,3,10-11H2,1H3,(H,30,37)(H2,31,32,33,34,35);2-3,5-10,13-14H,4,11-12H2,1H3,(H,29,36)(H2,30,31,32,33,34);3-10,13-14H,2,11-12H2,1H3,(H,26,33)(H2,27,28,29,30,31);9*1H.